The van der Waals surface area contributed by atoms with E-state index in [1.165, 1.54) is 12.1 Å². The number of hydrogen-bond donors (Lipinski definition) is 1. The zero-order valence-electron chi connectivity index (χ0n) is 15.6. The average Bonchev–Trinajstić information content (AvgIpc) is 3.12. The Hall–Kier alpha value is -2.77. The summed E-state index contributed by atoms with van der Waals surface area (Å²) in [5.41, 5.74) is 2.64. The van der Waals surface area contributed by atoms with Crippen LogP contribution in [-0.2, 0) is 16.1 Å². The number of aromatic nitrogens is 2. The molecular formula is C21H23FN4O2. The van der Waals surface area contributed by atoms with Gasteiger partial charge >= 0.3 is 0 Å². The van der Waals surface area contributed by atoms with Crippen molar-refractivity contribution in [2.24, 2.45) is 0 Å². The van der Waals surface area contributed by atoms with Gasteiger partial charge in [-0.15, -0.1) is 0 Å². The summed E-state index contributed by atoms with van der Waals surface area (Å²) in [5, 5.41) is 3.01. The molecule has 1 atom stereocenters. The number of carbonyl (C=O) groups excluding carboxylic acids is 1. The van der Waals surface area contributed by atoms with Crippen LogP contribution in [0.3, 0.4) is 0 Å². The van der Waals surface area contributed by atoms with Crippen LogP contribution in [0.2, 0.25) is 0 Å². The van der Waals surface area contributed by atoms with Gasteiger partial charge in [0.1, 0.15) is 12.4 Å². The van der Waals surface area contributed by atoms with Crippen molar-refractivity contribution in [3.63, 3.8) is 0 Å². The number of para-hydroxylation sites is 2. The fourth-order valence-electron chi connectivity index (χ4n) is 3.62. The lowest BCUT2D eigenvalue weighted by Crippen LogP contribution is -2.44. The van der Waals surface area contributed by atoms with Crippen molar-refractivity contribution in [3.8, 4) is 0 Å². The van der Waals surface area contributed by atoms with E-state index in [1.54, 1.807) is 12.4 Å². The SMILES string of the molecule is O=C(Cn1cnc2ccccc21)NCC(c1cccc(F)c1)N1CCOCC1. The van der Waals surface area contributed by atoms with Crippen molar-refractivity contribution in [1.82, 2.24) is 19.8 Å². The molecule has 1 fully saturated rings. The first-order chi connectivity index (χ1) is 13.7. The van der Waals surface area contributed by atoms with Crippen LogP contribution in [-0.4, -0.2) is 53.2 Å². The second kappa shape index (κ2) is 8.50. The number of fused-ring (bicyclic) bond motifs is 1. The first kappa shape index (κ1) is 18.6. The normalized spacial score (nSPS) is 16.2. The van der Waals surface area contributed by atoms with E-state index in [0.29, 0.717) is 19.8 Å². The predicted molar refractivity (Wildman–Crippen MR) is 104 cm³/mol. The highest BCUT2D eigenvalue weighted by Crippen LogP contribution is 2.22. The quantitative estimate of drug-likeness (QED) is 0.711. The molecule has 0 spiro atoms. The van der Waals surface area contributed by atoms with Crippen molar-refractivity contribution in [3.05, 3.63) is 66.2 Å². The fourth-order valence-corrected chi connectivity index (χ4v) is 3.62. The van der Waals surface area contributed by atoms with E-state index in [-0.39, 0.29) is 24.3 Å². The molecular weight excluding hydrogens is 359 g/mol. The Bertz CT molecular complexity index is 952. The molecule has 4 rings (SSSR count). The molecule has 0 radical (unpaired) electrons. The van der Waals surface area contributed by atoms with E-state index in [2.05, 4.69) is 15.2 Å². The summed E-state index contributed by atoms with van der Waals surface area (Å²) >= 11 is 0. The van der Waals surface area contributed by atoms with Gasteiger partial charge in [-0.05, 0) is 29.8 Å². The van der Waals surface area contributed by atoms with Gasteiger partial charge in [0.15, 0.2) is 0 Å². The number of nitrogens with one attached hydrogen (secondary N) is 1. The second-order valence-electron chi connectivity index (χ2n) is 6.88. The van der Waals surface area contributed by atoms with Gasteiger partial charge < -0.3 is 14.6 Å². The Morgan fingerprint density at radius 1 is 1.18 bits per heavy atom. The number of morpholine rings is 1. The Morgan fingerprint density at radius 3 is 2.82 bits per heavy atom. The minimum Gasteiger partial charge on any atom is -0.379 e. The van der Waals surface area contributed by atoms with Gasteiger partial charge in [-0.2, -0.15) is 0 Å². The first-order valence-electron chi connectivity index (χ1n) is 9.44. The zero-order chi connectivity index (χ0) is 19.3. The number of rotatable bonds is 6. The van der Waals surface area contributed by atoms with E-state index in [9.17, 15) is 9.18 Å². The molecule has 1 aliphatic heterocycles. The number of imidazole rings is 1. The maximum absolute atomic E-state index is 13.8. The van der Waals surface area contributed by atoms with Crippen LogP contribution in [0.25, 0.3) is 11.0 Å². The Labute approximate surface area is 162 Å². The summed E-state index contributed by atoms with van der Waals surface area (Å²) in [5.74, 6) is -0.371. The highest BCUT2D eigenvalue weighted by molar-refractivity contribution is 5.80. The average molecular weight is 382 g/mol. The van der Waals surface area contributed by atoms with E-state index < -0.39 is 0 Å². The summed E-state index contributed by atoms with van der Waals surface area (Å²) in [6.07, 6.45) is 1.68. The smallest absolute Gasteiger partial charge is 0.240 e. The maximum Gasteiger partial charge on any atom is 0.240 e. The summed E-state index contributed by atoms with van der Waals surface area (Å²) in [6.45, 7) is 3.39. The van der Waals surface area contributed by atoms with Crippen LogP contribution < -0.4 is 5.32 Å². The molecule has 1 amide bonds. The molecule has 1 aliphatic rings. The van der Waals surface area contributed by atoms with Crippen LogP contribution in [0.4, 0.5) is 4.39 Å². The monoisotopic (exact) mass is 382 g/mol. The molecule has 1 unspecified atom stereocenters. The van der Waals surface area contributed by atoms with Gasteiger partial charge in [-0.25, -0.2) is 9.37 Å². The number of ether oxygens (including phenoxy) is 1. The van der Waals surface area contributed by atoms with Gasteiger partial charge in [-0.3, -0.25) is 9.69 Å². The van der Waals surface area contributed by atoms with Gasteiger partial charge in [-0.1, -0.05) is 24.3 Å². The lowest BCUT2D eigenvalue weighted by Gasteiger charge is -2.35. The summed E-state index contributed by atoms with van der Waals surface area (Å²) in [7, 11) is 0. The third-order valence-corrected chi connectivity index (χ3v) is 5.05. The summed E-state index contributed by atoms with van der Waals surface area (Å²) < 4.78 is 21.0. The fraction of sp³-hybridized carbons (Fsp3) is 0.333. The minimum atomic E-state index is -0.271. The summed E-state index contributed by atoms with van der Waals surface area (Å²) in [4.78, 5) is 19.1. The number of carbonyl (C=O) groups is 1. The van der Waals surface area contributed by atoms with Gasteiger partial charge in [0, 0.05) is 19.6 Å². The molecule has 146 valence electrons. The second-order valence-corrected chi connectivity index (χ2v) is 6.88. The molecule has 0 bridgehead atoms. The lowest BCUT2D eigenvalue weighted by atomic mass is 10.0. The molecule has 1 saturated heterocycles. The van der Waals surface area contributed by atoms with Crippen molar-refractivity contribution >= 4 is 16.9 Å². The number of amides is 1. The molecule has 6 nitrogen and oxygen atoms in total. The molecule has 3 aromatic rings. The third kappa shape index (κ3) is 4.21. The van der Waals surface area contributed by atoms with Crippen molar-refractivity contribution in [2.75, 3.05) is 32.8 Å². The molecule has 0 aliphatic carbocycles. The van der Waals surface area contributed by atoms with E-state index in [0.717, 1.165) is 29.7 Å². The predicted octanol–water partition coefficient (Wildman–Crippen LogP) is 2.37. The first-order valence-corrected chi connectivity index (χ1v) is 9.44. The number of halogens is 1. The van der Waals surface area contributed by atoms with Gasteiger partial charge in [0.05, 0.1) is 36.6 Å². The van der Waals surface area contributed by atoms with E-state index >= 15 is 0 Å². The molecule has 1 N–H and O–H groups in total. The molecule has 0 saturated carbocycles. The molecule has 28 heavy (non-hydrogen) atoms. The lowest BCUT2D eigenvalue weighted by molar-refractivity contribution is -0.122. The molecule has 2 aromatic carbocycles. The van der Waals surface area contributed by atoms with Crippen LogP contribution in [0.1, 0.15) is 11.6 Å². The molecule has 2 heterocycles. The Balaban J connectivity index is 1.45. The van der Waals surface area contributed by atoms with Crippen LogP contribution >= 0.6 is 0 Å². The Morgan fingerprint density at radius 2 is 2.00 bits per heavy atom. The molecule has 7 heteroatoms. The van der Waals surface area contributed by atoms with Crippen LogP contribution in [0.15, 0.2) is 54.9 Å². The highest BCUT2D eigenvalue weighted by atomic mass is 19.1. The number of benzene rings is 2. The number of hydrogen-bond acceptors (Lipinski definition) is 4. The van der Waals surface area contributed by atoms with Crippen molar-refractivity contribution in [1.29, 1.82) is 0 Å². The number of nitrogens with zero attached hydrogens (tertiary/aromatic N) is 3. The van der Waals surface area contributed by atoms with Crippen LogP contribution in [0.5, 0.6) is 0 Å². The highest BCUT2D eigenvalue weighted by Gasteiger charge is 2.23. The van der Waals surface area contributed by atoms with Gasteiger partial charge in [0.25, 0.3) is 0 Å². The van der Waals surface area contributed by atoms with Gasteiger partial charge in [0.2, 0.25) is 5.91 Å². The van der Waals surface area contributed by atoms with E-state index in [1.807, 2.05) is 34.9 Å². The van der Waals surface area contributed by atoms with Crippen molar-refractivity contribution < 1.29 is 13.9 Å². The largest absolute Gasteiger partial charge is 0.379 e. The molecule has 1 aromatic heterocycles. The van der Waals surface area contributed by atoms with Crippen LogP contribution in [0, 0.1) is 5.82 Å². The topological polar surface area (TPSA) is 59.4 Å². The van der Waals surface area contributed by atoms with E-state index in [4.69, 9.17) is 4.74 Å². The minimum absolute atomic E-state index is 0.0944. The standard InChI is InChI=1S/C21H23FN4O2/c22-17-5-3-4-16(12-17)20(25-8-10-28-11-9-25)13-23-21(27)14-26-15-24-18-6-1-2-7-19(18)26/h1-7,12,15,20H,8-11,13-14H2,(H,23,27). The maximum atomic E-state index is 13.8. The van der Waals surface area contributed by atoms with Crippen molar-refractivity contribution in [2.45, 2.75) is 12.6 Å². The Kier molecular flexibility index (Phi) is 5.64. The zero-order valence-corrected chi connectivity index (χ0v) is 15.6. The third-order valence-electron chi connectivity index (χ3n) is 5.05. The summed E-state index contributed by atoms with van der Waals surface area (Å²) in [6, 6.07) is 14.2.